The first kappa shape index (κ1) is 23.0. The highest BCUT2D eigenvalue weighted by atomic mass is 19.2. The Labute approximate surface area is 183 Å². The Bertz CT molecular complexity index is 1050. The molecule has 1 saturated heterocycles. The minimum absolute atomic E-state index is 0.0481. The minimum Gasteiger partial charge on any atom is -0.497 e. The predicted octanol–water partition coefficient (Wildman–Crippen LogP) is 1.94. The lowest BCUT2D eigenvalue weighted by atomic mass is 10.0. The van der Waals surface area contributed by atoms with Gasteiger partial charge in [-0.3, -0.25) is 14.4 Å². The number of anilines is 1. The summed E-state index contributed by atoms with van der Waals surface area (Å²) < 4.78 is 37.5. The molecule has 170 valence electrons. The van der Waals surface area contributed by atoms with Crippen molar-refractivity contribution in [2.24, 2.45) is 5.92 Å². The summed E-state index contributed by atoms with van der Waals surface area (Å²) in [5.74, 6) is -3.51. The molecule has 1 aliphatic heterocycles. The molecule has 2 aromatic rings. The van der Waals surface area contributed by atoms with Gasteiger partial charge in [0.05, 0.1) is 25.8 Å². The number of nitrogens with zero attached hydrogens (tertiary/aromatic N) is 1. The highest BCUT2D eigenvalue weighted by Crippen LogP contribution is 2.36. The Morgan fingerprint density at radius 1 is 1.09 bits per heavy atom. The number of ether oxygens (including phenoxy) is 2. The number of hydrogen-bond acceptors (Lipinski definition) is 5. The molecule has 2 N–H and O–H groups in total. The maximum atomic E-state index is 13.7. The van der Waals surface area contributed by atoms with E-state index in [9.17, 15) is 23.2 Å². The molecule has 0 radical (unpaired) electrons. The van der Waals surface area contributed by atoms with E-state index >= 15 is 0 Å². The van der Waals surface area contributed by atoms with Crippen LogP contribution >= 0.6 is 0 Å². The highest BCUT2D eigenvalue weighted by Gasteiger charge is 2.38. The van der Waals surface area contributed by atoms with Crippen molar-refractivity contribution in [1.29, 1.82) is 0 Å². The van der Waals surface area contributed by atoms with E-state index in [-0.39, 0.29) is 24.4 Å². The number of halogens is 2. The van der Waals surface area contributed by atoms with Gasteiger partial charge < -0.3 is 25.0 Å². The lowest BCUT2D eigenvalue weighted by Crippen LogP contribution is -2.42. The molecule has 10 heteroatoms. The lowest BCUT2D eigenvalue weighted by molar-refractivity contribution is -0.131. The van der Waals surface area contributed by atoms with E-state index in [1.807, 2.05) is 0 Å². The third kappa shape index (κ3) is 4.63. The van der Waals surface area contributed by atoms with Gasteiger partial charge in [0.15, 0.2) is 11.6 Å². The van der Waals surface area contributed by atoms with Crippen molar-refractivity contribution < 1.29 is 32.6 Å². The summed E-state index contributed by atoms with van der Waals surface area (Å²) in [4.78, 5) is 39.3. The molecule has 0 spiro atoms. The van der Waals surface area contributed by atoms with E-state index in [1.54, 1.807) is 18.2 Å². The van der Waals surface area contributed by atoms with E-state index < -0.39 is 35.4 Å². The maximum Gasteiger partial charge on any atom is 0.246 e. The second-order valence-corrected chi connectivity index (χ2v) is 7.17. The molecule has 3 rings (SSSR count). The van der Waals surface area contributed by atoms with Crippen LogP contribution in [0.25, 0.3) is 0 Å². The Balaban J connectivity index is 1.81. The van der Waals surface area contributed by atoms with Crippen LogP contribution in [0.15, 0.2) is 36.4 Å². The topological polar surface area (TPSA) is 97.0 Å². The number of hydrogen-bond donors (Lipinski definition) is 2. The number of amides is 3. The third-order valence-corrected chi connectivity index (χ3v) is 5.24. The van der Waals surface area contributed by atoms with Gasteiger partial charge in [-0.15, -0.1) is 0 Å². The van der Waals surface area contributed by atoms with Crippen LogP contribution in [0.2, 0.25) is 0 Å². The average molecular weight is 447 g/mol. The molecular formula is C22H23F2N3O5. The van der Waals surface area contributed by atoms with Gasteiger partial charge in [0.2, 0.25) is 17.7 Å². The van der Waals surface area contributed by atoms with Crippen LogP contribution in [-0.4, -0.2) is 45.5 Å². The number of nitrogens with one attached hydrogen (secondary N) is 2. The number of carbonyl (C=O) groups excluding carboxylic acids is 3. The molecule has 1 heterocycles. The van der Waals surface area contributed by atoms with Crippen molar-refractivity contribution in [2.75, 3.05) is 32.7 Å². The Hall–Kier alpha value is -3.69. The van der Waals surface area contributed by atoms with Crippen molar-refractivity contribution in [3.05, 3.63) is 53.6 Å². The fraction of sp³-hybridized carbons (Fsp3) is 0.318. The molecule has 3 amide bonds. The van der Waals surface area contributed by atoms with Crippen molar-refractivity contribution in [2.45, 2.75) is 12.5 Å². The molecule has 32 heavy (non-hydrogen) atoms. The average Bonchev–Trinajstić information content (AvgIpc) is 3.19. The lowest BCUT2D eigenvalue weighted by Gasteiger charge is -2.22. The number of methoxy groups -OCH3 is 2. The van der Waals surface area contributed by atoms with E-state index in [4.69, 9.17) is 9.47 Å². The first-order valence-corrected chi connectivity index (χ1v) is 9.78. The van der Waals surface area contributed by atoms with Gasteiger partial charge in [-0.2, -0.15) is 0 Å². The van der Waals surface area contributed by atoms with Gasteiger partial charge >= 0.3 is 0 Å². The van der Waals surface area contributed by atoms with Crippen LogP contribution in [0.1, 0.15) is 18.0 Å². The van der Waals surface area contributed by atoms with E-state index in [0.717, 1.165) is 12.1 Å². The second kappa shape index (κ2) is 9.63. The quantitative estimate of drug-likeness (QED) is 0.676. The molecule has 1 aliphatic rings. The summed E-state index contributed by atoms with van der Waals surface area (Å²) in [7, 11) is 4.31. The molecule has 2 aromatic carbocycles. The molecule has 0 saturated carbocycles. The minimum atomic E-state index is -1.25. The number of benzene rings is 2. The molecular weight excluding hydrogens is 424 g/mol. The molecule has 0 aromatic heterocycles. The van der Waals surface area contributed by atoms with Crippen LogP contribution in [0.4, 0.5) is 14.5 Å². The van der Waals surface area contributed by atoms with Gasteiger partial charge in [0.25, 0.3) is 0 Å². The Kier molecular flexibility index (Phi) is 6.92. The summed E-state index contributed by atoms with van der Waals surface area (Å²) in [6.45, 7) is 0.0481. The van der Waals surface area contributed by atoms with Gasteiger partial charge in [0, 0.05) is 26.1 Å². The summed E-state index contributed by atoms with van der Waals surface area (Å²) in [6.07, 6.45) is -0.0928. The van der Waals surface area contributed by atoms with Crippen molar-refractivity contribution >= 4 is 23.4 Å². The third-order valence-electron chi connectivity index (χ3n) is 5.24. The largest absolute Gasteiger partial charge is 0.497 e. The zero-order valence-electron chi connectivity index (χ0n) is 17.8. The van der Waals surface area contributed by atoms with Crippen LogP contribution in [-0.2, 0) is 14.4 Å². The number of carbonyl (C=O) groups is 3. The number of rotatable bonds is 7. The van der Waals surface area contributed by atoms with Crippen LogP contribution in [0.3, 0.4) is 0 Å². The molecule has 0 aliphatic carbocycles. The normalized spacial score (nSPS) is 16.5. The monoisotopic (exact) mass is 447 g/mol. The van der Waals surface area contributed by atoms with Crippen LogP contribution in [0, 0.1) is 17.6 Å². The SMILES string of the molecule is CNC(=O)C(NC(=O)C1CC(=O)N(c2cc(OC)ccc2OC)C1)c1ccc(F)c(F)c1. The van der Waals surface area contributed by atoms with E-state index in [0.29, 0.717) is 17.2 Å². The summed E-state index contributed by atoms with van der Waals surface area (Å²) >= 11 is 0. The zero-order valence-corrected chi connectivity index (χ0v) is 17.8. The van der Waals surface area contributed by atoms with Crippen molar-refractivity contribution in [3.63, 3.8) is 0 Å². The van der Waals surface area contributed by atoms with Crippen LogP contribution in [0.5, 0.6) is 11.5 Å². The van der Waals surface area contributed by atoms with E-state index in [2.05, 4.69) is 10.6 Å². The summed E-state index contributed by atoms with van der Waals surface area (Å²) in [6, 6.07) is 6.66. The van der Waals surface area contributed by atoms with Crippen molar-refractivity contribution in [1.82, 2.24) is 10.6 Å². The molecule has 2 atom stereocenters. The Morgan fingerprint density at radius 3 is 2.47 bits per heavy atom. The summed E-state index contributed by atoms with van der Waals surface area (Å²) in [5, 5.41) is 4.93. The fourth-order valence-corrected chi connectivity index (χ4v) is 3.52. The zero-order chi connectivity index (χ0) is 23.4. The van der Waals surface area contributed by atoms with Crippen molar-refractivity contribution in [3.8, 4) is 11.5 Å². The Morgan fingerprint density at radius 2 is 1.84 bits per heavy atom. The van der Waals surface area contributed by atoms with Crippen LogP contribution < -0.4 is 25.0 Å². The molecule has 8 nitrogen and oxygen atoms in total. The first-order valence-electron chi connectivity index (χ1n) is 9.78. The first-order chi connectivity index (χ1) is 15.3. The van der Waals surface area contributed by atoms with Gasteiger partial charge in [-0.1, -0.05) is 6.07 Å². The van der Waals surface area contributed by atoms with E-state index in [1.165, 1.54) is 32.2 Å². The molecule has 0 bridgehead atoms. The standard InChI is InChI=1S/C22H23F2N3O5/c1-25-22(30)20(12-4-6-15(23)16(24)8-12)26-21(29)13-9-19(28)27(11-13)17-10-14(31-2)5-7-18(17)32-3/h4-8,10,13,20H,9,11H2,1-3H3,(H,25,30)(H,26,29). The summed E-state index contributed by atoms with van der Waals surface area (Å²) in [5.41, 5.74) is 0.530. The van der Waals surface area contributed by atoms with Gasteiger partial charge in [-0.05, 0) is 29.8 Å². The maximum absolute atomic E-state index is 13.7. The van der Waals surface area contributed by atoms with Gasteiger partial charge in [-0.25, -0.2) is 8.78 Å². The molecule has 2 unspecified atom stereocenters. The van der Waals surface area contributed by atoms with Gasteiger partial charge in [0.1, 0.15) is 17.5 Å². The number of likely N-dealkylation sites (N-methyl/N-ethyl adjacent to an activating group) is 1. The predicted molar refractivity (Wildman–Crippen MR) is 111 cm³/mol. The second-order valence-electron chi connectivity index (χ2n) is 7.17. The smallest absolute Gasteiger partial charge is 0.246 e. The fourth-order valence-electron chi connectivity index (χ4n) is 3.52. The molecule has 1 fully saturated rings. The highest BCUT2D eigenvalue weighted by molar-refractivity contribution is 6.02.